The lowest BCUT2D eigenvalue weighted by molar-refractivity contribution is 0.0367. The van der Waals surface area contributed by atoms with Gasteiger partial charge in [0.15, 0.2) is 0 Å². The first kappa shape index (κ1) is 13.9. The number of hydrogen-bond acceptors (Lipinski definition) is 5. The van der Waals surface area contributed by atoms with E-state index in [0.717, 1.165) is 26.0 Å². The van der Waals surface area contributed by atoms with Crippen LogP contribution in [0.15, 0.2) is 0 Å². The van der Waals surface area contributed by atoms with E-state index in [9.17, 15) is 5.11 Å². The summed E-state index contributed by atoms with van der Waals surface area (Å²) in [6, 6.07) is -0.231. The molecular formula is C11H24N2O3. The number of likely N-dealkylation sites (N-methyl/N-ethyl adjacent to an activating group) is 1. The monoisotopic (exact) mass is 232 g/mol. The summed E-state index contributed by atoms with van der Waals surface area (Å²) in [5.74, 6) is 0. The van der Waals surface area contributed by atoms with Crippen LogP contribution in [0.1, 0.15) is 12.8 Å². The van der Waals surface area contributed by atoms with Crippen molar-refractivity contribution in [3.8, 4) is 0 Å². The Morgan fingerprint density at radius 1 is 1.62 bits per heavy atom. The lowest BCUT2D eigenvalue weighted by atomic mass is 10.1. The van der Waals surface area contributed by atoms with Crippen molar-refractivity contribution in [1.29, 1.82) is 0 Å². The zero-order valence-corrected chi connectivity index (χ0v) is 10.3. The molecule has 0 aliphatic carbocycles. The second-order valence-corrected chi connectivity index (χ2v) is 4.44. The van der Waals surface area contributed by atoms with E-state index in [1.54, 1.807) is 7.11 Å². The van der Waals surface area contributed by atoms with Crippen molar-refractivity contribution in [2.75, 3.05) is 40.5 Å². The minimum absolute atomic E-state index is 0.0494. The van der Waals surface area contributed by atoms with Crippen LogP contribution in [0, 0.1) is 0 Å². The van der Waals surface area contributed by atoms with Crippen LogP contribution in [0.3, 0.4) is 0 Å². The molecule has 0 saturated carbocycles. The highest BCUT2D eigenvalue weighted by molar-refractivity contribution is 4.82. The van der Waals surface area contributed by atoms with Gasteiger partial charge in [0.05, 0.1) is 19.3 Å². The number of hydrogen-bond donors (Lipinski definition) is 2. The highest BCUT2D eigenvalue weighted by Crippen LogP contribution is 2.14. The molecular weight excluding hydrogens is 208 g/mol. The van der Waals surface area contributed by atoms with Gasteiger partial charge in [0, 0.05) is 32.3 Å². The van der Waals surface area contributed by atoms with Crippen LogP contribution in [-0.4, -0.2) is 68.7 Å². The second-order valence-electron chi connectivity index (χ2n) is 4.44. The van der Waals surface area contributed by atoms with Gasteiger partial charge in [0.2, 0.25) is 0 Å². The maximum absolute atomic E-state index is 9.35. The molecule has 96 valence electrons. The molecule has 1 aliphatic rings. The van der Waals surface area contributed by atoms with Gasteiger partial charge in [-0.15, -0.1) is 0 Å². The van der Waals surface area contributed by atoms with Crippen LogP contribution >= 0.6 is 0 Å². The van der Waals surface area contributed by atoms with E-state index in [4.69, 9.17) is 15.2 Å². The lowest BCUT2D eigenvalue weighted by Gasteiger charge is -2.32. The molecule has 1 fully saturated rings. The van der Waals surface area contributed by atoms with E-state index in [2.05, 4.69) is 4.90 Å². The smallest absolute Gasteiger partial charge is 0.0702 e. The summed E-state index contributed by atoms with van der Waals surface area (Å²) < 4.78 is 10.6. The van der Waals surface area contributed by atoms with Crippen LogP contribution in [0.2, 0.25) is 0 Å². The molecule has 1 saturated heterocycles. The Morgan fingerprint density at radius 2 is 2.38 bits per heavy atom. The number of ether oxygens (including phenoxy) is 2. The van der Waals surface area contributed by atoms with Gasteiger partial charge in [-0.2, -0.15) is 0 Å². The molecule has 0 aromatic carbocycles. The summed E-state index contributed by atoms with van der Waals surface area (Å²) >= 11 is 0. The predicted molar refractivity (Wildman–Crippen MR) is 62.3 cm³/mol. The van der Waals surface area contributed by atoms with E-state index in [1.165, 1.54) is 0 Å². The Kier molecular flexibility index (Phi) is 6.23. The first-order valence-corrected chi connectivity index (χ1v) is 5.86. The molecule has 0 bridgehead atoms. The Bertz CT molecular complexity index is 186. The van der Waals surface area contributed by atoms with Crippen molar-refractivity contribution in [2.45, 2.75) is 31.0 Å². The number of nitrogens with zero attached hydrogens (tertiary/aromatic N) is 1. The minimum Gasteiger partial charge on any atom is -0.395 e. The summed E-state index contributed by atoms with van der Waals surface area (Å²) in [7, 11) is 3.59. The van der Waals surface area contributed by atoms with E-state index < -0.39 is 0 Å². The fourth-order valence-electron chi connectivity index (χ4n) is 2.15. The van der Waals surface area contributed by atoms with Gasteiger partial charge < -0.3 is 20.3 Å². The molecule has 0 amide bonds. The fourth-order valence-corrected chi connectivity index (χ4v) is 2.15. The summed E-state index contributed by atoms with van der Waals surface area (Å²) in [5.41, 5.74) is 5.95. The summed E-state index contributed by atoms with van der Waals surface area (Å²) in [4.78, 5) is 2.07. The van der Waals surface area contributed by atoms with E-state index in [0.29, 0.717) is 6.61 Å². The molecule has 16 heavy (non-hydrogen) atoms. The number of rotatable bonds is 7. The third kappa shape index (κ3) is 3.99. The molecule has 1 rings (SSSR count). The molecule has 0 radical (unpaired) electrons. The number of nitrogens with two attached hydrogens (primary N) is 1. The standard InChI is InChI=1S/C11H24N2O3/c1-13(6-9-4-3-5-16-9)11(7-14)10(12)8-15-2/h9-11,14H,3-8,12H2,1-2H3. The molecule has 1 heterocycles. The van der Waals surface area contributed by atoms with Crippen molar-refractivity contribution in [3.63, 3.8) is 0 Å². The van der Waals surface area contributed by atoms with Crippen molar-refractivity contribution >= 4 is 0 Å². The van der Waals surface area contributed by atoms with Gasteiger partial charge in [-0.25, -0.2) is 0 Å². The van der Waals surface area contributed by atoms with E-state index >= 15 is 0 Å². The molecule has 3 atom stereocenters. The molecule has 0 aromatic heterocycles. The quantitative estimate of drug-likeness (QED) is 0.615. The fraction of sp³-hybridized carbons (Fsp3) is 1.00. The minimum atomic E-state index is -0.165. The lowest BCUT2D eigenvalue weighted by Crippen LogP contribution is -2.52. The van der Waals surface area contributed by atoms with Crippen molar-refractivity contribution in [1.82, 2.24) is 4.90 Å². The molecule has 3 N–H and O–H groups in total. The number of aliphatic hydroxyl groups is 1. The summed E-state index contributed by atoms with van der Waals surface area (Å²) in [5, 5.41) is 9.35. The number of aliphatic hydroxyl groups excluding tert-OH is 1. The topological polar surface area (TPSA) is 68.0 Å². The second kappa shape index (κ2) is 7.19. The highest BCUT2D eigenvalue weighted by Gasteiger charge is 2.25. The van der Waals surface area contributed by atoms with Crippen LogP contribution in [0.5, 0.6) is 0 Å². The maximum atomic E-state index is 9.35. The van der Waals surface area contributed by atoms with Crippen LogP contribution in [0.4, 0.5) is 0 Å². The molecule has 1 aliphatic heterocycles. The van der Waals surface area contributed by atoms with Gasteiger partial charge in [0.25, 0.3) is 0 Å². The number of methoxy groups -OCH3 is 1. The maximum Gasteiger partial charge on any atom is 0.0702 e. The molecule has 3 unspecified atom stereocenters. The molecule has 5 heteroatoms. The first-order chi connectivity index (χ1) is 7.69. The van der Waals surface area contributed by atoms with Crippen molar-refractivity contribution in [3.05, 3.63) is 0 Å². The zero-order valence-electron chi connectivity index (χ0n) is 10.3. The van der Waals surface area contributed by atoms with Crippen LogP contribution < -0.4 is 5.73 Å². The summed E-state index contributed by atoms with van der Waals surface area (Å²) in [6.45, 7) is 2.18. The Morgan fingerprint density at radius 3 is 2.88 bits per heavy atom. The third-order valence-electron chi connectivity index (χ3n) is 3.12. The predicted octanol–water partition coefficient (Wildman–Crippen LogP) is -0.568. The van der Waals surface area contributed by atoms with Crippen molar-refractivity contribution < 1.29 is 14.6 Å². The Balaban J connectivity index is 2.37. The van der Waals surface area contributed by atoms with Gasteiger partial charge in [-0.1, -0.05) is 0 Å². The summed E-state index contributed by atoms with van der Waals surface area (Å²) in [6.07, 6.45) is 2.52. The van der Waals surface area contributed by atoms with Gasteiger partial charge in [0.1, 0.15) is 0 Å². The zero-order chi connectivity index (χ0) is 12.0. The average molecular weight is 232 g/mol. The molecule has 0 spiro atoms. The van der Waals surface area contributed by atoms with Gasteiger partial charge >= 0.3 is 0 Å². The SMILES string of the molecule is COCC(N)C(CO)N(C)CC1CCCO1. The molecule has 5 nitrogen and oxygen atoms in total. The Labute approximate surface area is 97.5 Å². The van der Waals surface area contributed by atoms with Crippen LogP contribution in [-0.2, 0) is 9.47 Å². The largest absolute Gasteiger partial charge is 0.395 e. The van der Waals surface area contributed by atoms with Gasteiger partial charge in [-0.05, 0) is 19.9 Å². The van der Waals surface area contributed by atoms with E-state index in [1.807, 2.05) is 7.05 Å². The van der Waals surface area contributed by atoms with Gasteiger partial charge in [-0.3, -0.25) is 4.90 Å². The van der Waals surface area contributed by atoms with Crippen molar-refractivity contribution in [2.24, 2.45) is 5.73 Å². The molecule has 0 aromatic rings. The van der Waals surface area contributed by atoms with E-state index in [-0.39, 0.29) is 24.8 Å². The Hall–Kier alpha value is -0.200. The third-order valence-corrected chi connectivity index (χ3v) is 3.12. The first-order valence-electron chi connectivity index (χ1n) is 5.86. The van der Waals surface area contributed by atoms with Crippen LogP contribution in [0.25, 0.3) is 0 Å². The highest BCUT2D eigenvalue weighted by atomic mass is 16.5. The normalized spacial score (nSPS) is 24.9. The average Bonchev–Trinajstić information content (AvgIpc) is 2.71.